The predicted molar refractivity (Wildman–Crippen MR) is 34.3 cm³/mol. The zero-order chi connectivity index (χ0) is 4.99. The third-order valence-corrected chi connectivity index (χ3v) is 3.89. The van der Waals surface area contributed by atoms with Crippen LogP contribution in [0, 0.1) is 0 Å². The first-order chi connectivity index (χ1) is 2.81. The van der Waals surface area contributed by atoms with Crippen LogP contribution in [-0.2, 0) is 0 Å². The first-order valence-electron chi connectivity index (χ1n) is 2.01. The Morgan fingerprint density at radius 3 is 2.33 bits per heavy atom. The van der Waals surface area contributed by atoms with Gasteiger partial charge < -0.3 is 0 Å². The Balaban J connectivity index is 2.75. The molecule has 0 aromatic rings. The normalized spacial score (nSPS) is 16.5. The Morgan fingerprint density at radius 1 is 1.83 bits per heavy atom. The average molecular weight is 143 g/mol. The van der Waals surface area contributed by atoms with Gasteiger partial charge in [-0.2, -0.15) is 11.1 Å². The van der Waals surface area contributed by atoms with Gasteiger partial charge in [0, 0.05) is 5.00 Å². The van der Waals surface area contributed by atoms with Gasteiger partial charge in [0.1, 0.15) is 8.83 Å². The maximum absolute atomic E-state index is 5.58. The van der Waals surface area contributed by atoms with E-state index in [9.17, 15) is 0 Å². The van der Waals surface area contributed by atoms with E-state index in [1.807, 2.05) is 6.92 Å². The number of rotatable bonds is 2. The molecule has 0 radical (unpaired) electrons. The maximum Gasteiger partial charge on any atom is 0.143 e. The van der Waals surface area contributed by atoms with Crippen LogP contribution in [-0.4, -0.2) is 13.8 Å². The number of alkyl halides is 1. The molecule has 1 unspecified atom stereocenters. The highest BCUT2D eigenvalue weighted by molar-refractivity contribution is 6.97. The van der Waals surface area contributed by atoms with Crippen LogP contribution in [0.4, 0.5) is 0 Å². The lowest BCUT2D eigenvalue weighted by Crippen LogP contribution is -1.99. The molecule has 0 rings (SSSR count). The van der Waals surface area contributed by atoms with Gasteiger partial charge in [-0.15, -0.1) is 11.6 Å². The van der Waals surface area contributed by atoms with Crippen LogP contribution in [0.15, 0.2) is 0 Å². The molecule has 0 aromatic heterocycles. The summed E-state index contributed by atoms with van der Waals surface area (Å²) in [6, 6.07) is 0. The Hall–Kier alpha value is 0.797. The van der Waals surface area contributed by atoms with Crippen molar-refractivity contribution in [1.29, 1.82) is 0 Å². The van der Waals surface area contributed by atoms with Crippen molar-refractivity contribution >= 4 is 31.5 Å². The second kappa shape index (κ2) is 3.97. The average Bonchev–Trinajstić information content (AvgIpc) is 1.65. The third kappa shape index (κ3) is 3.01. The lowest BCUT2D eigenvalue weighted by molar-refractivity contribution is 1.03. The van der Waals surface area contributed by atoms with E-state index < -0.39 is 8.83 Å². The maximum atomic E-state index is 5.58. The van der Waals surface area contributed by atoms with Crippen molar-refractivity contribution in [1.82, 2.24) is 0 Å². The van der Waals surface area contributed by atoms with Crippen LogP contribution in [0.3, 0.4) is 0 Å². The van der Waals surface area contributed by atoms with Crippen LogP contribution in [0.2, 0.25) is 0 Å². The predicted octanol–water partition coefficient (Wildman–Crippen LogP) is 1.28. The summed E-state index contributed by atoms with van der Waals surface area (Å²) in [4.78, 5) is 0. The van der Waals surface area contributed by atoms with E-state index in [2.05, 4.69) is 0 Å². The molecule has 0 amide bonds. The van der Waals surface area contributed by atoms with Gasteiger partial charge in [0.25, 0.3) is 0 Å². The highest BCUT2D eigenvalue weighted by atomic mass is 35.6. The Kier molecular flexibility index (Phi) is 4.50. The standard InChI is InChI=1S/C3H8Cl2Si/c1-2-3(4)6-5/h3H,2,6H2,1H3. The van der Waals surface area contributed by atoms with Crippen molar-refractivity contribution in [2.45, 2.75) is 18.3 Å². The van der Waals surface area contributed by atoms with Gasteiger partial charge in [-0.3, -0.25) is 0 Å². The van der Waals surface area contributed by atoms with Gasteiger partial charge in [-0.05, 0) is 6.42 Å². The molecule has 3 heteroatoms. The third-order valence-electron chi connectivity index (χ3n) is 0.610. The molecule has 0 saturated heterocycles. The molecule has 0 saturated carbocycles. The fourth-order valence-electron chi connectivity index (χ4n) is 0.109. The van der Waals surface area contributed by atoms with Gasteiger partial charge in [0.05, 0.1) is 0 Å². The SMILES string of the molecule is CCC(Cl)[SiH2]Cl. The van der Waals surface area contributed by atoms with Crippen molar-refractivity contribution in [3.8, 4) is 0 Å². The van der Waals surface area contributed by atoms with Gasteiger partial charge in [-0.1, -0.05) is 6.92 Å². The molecule has 0 aliphatic carbocycles. The summed E-state index contributed by atoms with van der Waals surface area (Å²) in [6.07, 6.45) is 1.03. The van der Waals surface area contributed by atoms with Crippen LogP contribution in [0.1, 0.15) is 13.3 Å². The van der Waals surface area contributed by atoms with Crippen molar-refractivity contribution in [2.75, 3.05) is 0 Å². The second-order valence-corrected chi connectivity index (χ2v) is 4.51. The van der Waals surface area contributed by atoms with E-state index in [4.69, 9.17) is 22.7 Å². The molecular formula is C3H8Cl2Si. The largest absolute Gasteiger partial charge is 0.175 e. The molecule has 0 spiro atoms. The smallest absolute Gasteiger partial charge is 0.143 e. The lowest BCUT2D eigenvalue weighted by atomic mass is 10.6. The van der Waals surface area contributed by atoms with Gasteiger partial charge in [0.15, 0.2) is 0 Å². The zero-order valence-corrected chi connectivity index (χ0v) is 6.67. The van der Waals surface area contributed by atoms with Crippen LogP contribution >= 0.6 is 22.7 Å². The van der Waals surface area contributed by atoms with Crippen molar-refractivity contribution < 1.29 is 0 Å². The molecule has 0 N–H and O–H groups in total. The molecule has 0 fully saturated rings. The Morgan fingerprint density at radius 2 is 2.33 bits per heavy atom. The molecule has 0 nitrogen and oxygen atoms in total. The van der Waals surface area contributed by atoms with E-state index in [0.29, 0.717) is 5.00 Å². The van der Waals surface area contributed by atoms with E-state index in [1.54, 1.807) is 0 Å². The van der Waals surface area contributed by atoms with E-state index in [-0.39, 0.29) is 0 Å². The molecular weight excluding hydrogens is 135 g/mol. The highest BCUT2D eigenvalue weighted by Crippen LogP contribution is 1.98. The molecule has 0 bridgehead atoms. The zero-order valence-electron chi connectivity index (χ0n) is 3.75. The fourth-order valence-corrected chi connectivity index (χ4v) is 0.982. The summed E-state index contributed by atoms with van der Waals surface area (Å²) in [5.41, 5.74) is 0. The Labute approximate surface area is 50.4 Å². The molecule has 0 aliphatic rings. The summed E-state index contributed by atoms with van der Waals surface area (Å²) >= 11 is 11.0. The topological polar surface area (TPSA) is 0 Å². The molecule has 0 aromatic carbocycles. The van der Waals surface area contributed by atoms with E-state index in [0.717, 1.165) is 6.42 Å². The highest BCUT2D eigenvalue weighted by Gasteiger charge is 1.95. The molecule has 6 heavy (non-hydrogen) atoms. The van der Waals surface area contributed by atoms with Gasteiger partial charge in [0.2, 0.25) is 0 Å². The summed E-state index contributed by atoms with van der Waals surface area (Å²) in [5, 5.41) is 0.312. The van der Waals surface area contributed by atoms with Crippen LogP contribution < -0.4 is 0 Å². The first-order valence-corrected chi connectivity index (χ1v) is 5.40. The minimum atomic E-state index is -0.424. The molecule has 38 valence electrons. The minimum Gasteiger partial charge on any atom is -0.175 e. The minimum absolute atomic E-state index is 0.312. The molecule has 0 heterocycles. The number of halogens is 2. The summed E-state index contributed by atoms with van der Waals surface area (Å²) in [5.74, 6) is 0. The van der Waals surface area contributed by atoms with E-state index >= 15 is 0 Å². The summed E-state index contributed by atoms with van der Waals surface area (Å²) in [6.45, 7) is 2.05. The lowest BCUT2D eigenvalue weighted by Gasteiger charge is -1.93. The van der Waals surface area contributed by atoms with Crippen LogP contribution in [0.25, 0.3) is 0 Å². The van der Waals surface area contributed by atoms with Gasteiger partial charge >= 0.3 is 0 Å². The van der Waals surface area contributed by atoms with E-state index in [1.165, 1.54) is 0 Å². The number of hydrogen-bond donors (Lipinski definition) is 0. The fraction of sp³-hybridized carbons (Fsp3) is 1.00. The first kappa shape index (κ1) is 6.80. The monoisotopic (exact) mass is 142 g/mol. The summed E-state index contributed by atoms with van der Waals surface area (Å²) in [7, 11) is -0.424. The van der Waals surface area contributed by atoms with Crippen molar-refractivity contribution in [2.24, 2.45) is 0 Å². The van der Waals surface area contributed by atoms with Gasteiger partial charge in [-0.25, -0.2) is 0 Å². The van der Waals surface area contributed by atoms with Crippen molar-refractivity contribution in [3.05, 3.63) is 0 Å². The van der Waals surface area contributed by atoms with Crippen molar-refractivity contribution in [3.63, 3.8) is 0 Å². The summed E-state index contributed by atoms with van der Waals surface area (Å²) < 4.78 is 0. The Bertz CT molecular complexity index is 28.0. The quantitative estimate of drug-likeness (QED) is 0.310. The molecule has 0 aliphatic heterocycles. The molecule has 1 atom stereocenters. The number of hydrogen-bond acceptors (Lipinski definition) is 0. The second-order valence-electron chi connectivity index (χ2n) is 1.16. The van der Waals surface area contributed by atoms with Crippen LogP contribution in [0.5, 0.6) is 0 Å².